The van der Waals surface area contributed by atoms with Crippen molar-refractivity contribution in [2.45, 2.75) is 6.54 Å². The van der Waals surface area contributed by atoms with Gasteiger partial charge in [-0.15, -0.1) is 0 Å². The van der Waals surface area contributed by atoms with Crippen LogP contribution in [0.25, 0.3) is 0 Å². The van der Waals surface area contributed by atoms with Crippen molar-refractivity contribution in [1.82, 2.24) is 4.57 Å². The molecule has 0 aliphatic heterocycles. The van der Waals surface area contributed by atoms with Crippen LogP contribution in [-0.2, 0) is 11.3 Å². The van der Waals surface area contributed by atoms with Gasteiger partial charge in [0, 0.05) is 21.8 Å². The van der Waals surface area contributed by atoms with Crippen molar-refractivity contribution in [2.75, 3.05) is 12.8 Å². The molecule has 0 radical (unpaired) electrons. The Balaban J connectivity index is 2.41. The molecule has 2 N–H and O–H groups in total. The van der Waals surface area contributed by atoms with Crippen LogP contribution in [0.5, 0.6) is 0 Å². The summed E-state index contributed by atoms with van der Waals surface area (Å²) in [6, 6.07) is 6.80. The fourth-order valence-corrected chi connectivity index (χ4v) is 2.31. The molecule has 0 aliphatic rings. The van der Waals surface area contributed by atoms with E-state index in [1.54, 1.807) is 35.0 Å². The van der Waals surface area contributed by atoms with Gasteiger partial charge >= 0.3 is 5.97 Å². The highest BCUT2D eigenvalue weighted by Crippen LogP contribution is 2.26. The van der Waals surface area contributed by atoms with E-state index in [2.05, 4.69) is 0 Å². The molecule has 19 heavy (non-hydrogen) atoms. The van der Waals surface area contributed by atoms with Crippen LogP contribution in [0.15, 0.2) is 30.5 Å². The zero-order valence-corrected chi connectivity index (χ0v) is 11.7. The maximum absolute atomic E-state index is 11.6. The first-order valence-electron chi connectivity index (χ1n) is 5.49. The second-order valence-electron chi connectivity index (χ2n) is 3.98. The molecule has 0 amide bonds. The van der Waals surface area contributed by atoms with Crippen molar-refractivity contribution in [1.29, 1.82) is 0 Å². The molecule has 4 nitrogen and oxygen atoms in total. The third-order valence-electron chi connectivity index (χ3n) is 2.70. The summed E-state index contributed by atoms with van der Waals surface area (Å²) < 4.78 is 6.37. The number of esters is 1. The summed E-state index contributed by atoms with van der Waals surface area (Å²) in [4.78, 5) is 11.6. The van der Waals surface area contributed by atoms with Crippen LogP contribution in [0.2, 0.25) is 10.0 Å². The van der Waals surface area contributed by atoms with Crippen molar-refractivity contribution < 1.29 is 9.53 Å². The lowest BCUT2D eigenvalue weighted by molar-refractivity contribution is 0.0589. The normalized spacial score (nSPS) is 10.5. The van der Waals surface area contributed by atoms with Gasteiger partial charge in [0.2, 0.25) is 0 Å². The zero-order chi connectivity index (χ0) is 14.0. The molecule has 0 saturated carbocycles. The molecule has 0 aliphatic carbocycles. The molecule has 0 bridgehead atoms. The summed E-state index contributed by atoms with van der Waals surface area (Å²) in [5.41, 5.74) is 7.27. The van der Waals surface area contributed by atoms with E-state index in [-0.39, 0.29) is 0 Å². The number of methoxy groups -OCH3 is 1. The van der Waals surface area contributed by atoms with Gasteiger partial charge in [0.15, 0.2) is 0 Å². The number of anilines is 1. The fraction of sp³-hybridized carbons (Fsp3) is 0.154. The van der Waals surface area contributed by atoms with Crippen molar-refractivity contribution in [2.24, 2.45) is 0 Å². The number of carbonyl (C=O) groups is 1. The number of aromatic nitrogens is 1. The number of carbonyl (C=O) groups excluding carboxylic acids is 1. The lowest BCUT2D eigenvalue weighted by Gasteiger charge is -2.10. The fourth-order valence-electron chi connectivity index (χ4n) is 1.79. The minimum atomic E-state index is -0.458. The Kier molecular flexibility index (Phi) is 4.02. The van der Waals surface area contributed by atoms with Crippen molar-refractivity contribution >= 4 is 34.9 Å². The van der Waals surface area contributed by atoms with Crippen LogP contribution >= 0.6 is 23.2 Å². The predicted molar refractivity (Wildman–Crippen MR) is 75.7 cm³/mol. The number of rotatable bonds is 3. The maximum atomic E-state index is 11.6. The Morgan fingerprint density at radius 3 is 2.58 bits per heavy atom. The summed E-state index contributed by atoms with van der Waals surface area (Å²) >= 11 is 12.2. The average Bonchev–Trinajstić information content (AvgIpc) is 2.74. The van der Waals surface area contributed by atoms with Gasteiger partial charge in [-0.1, -0.05) is 29.3 Å². The van der Waals surface area contributed by atoms with Gasteiger partial charge in [0.05, 0.1) is 19.3 Å². The van der Waals surface area contributed by atoms with Crippen LogP contribution in [0.1, 0.15) is 16.1 Å². The van der Waals surface area contributed by atoms with Gasteiger partial charge in [0.25, 0.3) is 0 Å². The maximum Gasteiger partial charge on any atom is 0.354 e. The van der Waals surface area contributed by atoms with Gasteiger partial charge in [0.1, 0.15) is 5.69 Å². The van der Waals surface area contributed by atoms with Gasteiger partial charge in [-0.25, -0.2) is 4.79 Å². The van der Waals surface area contributed by atoms with E-state index in [1.165, 1.54) is 7.11 Å². The van der Waals surface area contributed by atoms with E-state index in [1.807, 2.05) is 0 Å². The summed E-state index contributed by atoms with van der Waals surface area (Å²) in [7, 11) is 1.32. The molecule has 100 valence electrons. The second-order valence-corrected chi connectivity index (χ2v) is 4.79. The first kappa shape index (κ1) is 13.8. The van der Waals surface area contributed by atoms with Crippen molar-refractivity contribution in [3.05, 3.63) is 51.8 Å². The third-order valence-corrected chi connectivity index (χ3v) is 3.41. The summed E-state index contributed by atoms with van der Waals surface area (Å²) in [6.45, 7) is 0.347. The molecule has 0 unspecified atom stereocenters. The molecule has 1 aromatic heterocycles. The molecule has 1 aromatic carbocycles. The third kappa shape index (κ3) is 2.85. The van der Waals surface area contributed by atoms with E-state index in [4.69, 9.17) is 33.7 Å². The smallest absolute Gasteiger partial charge is 0.354 e. The standard InChI is InChI=1S/C13H12Cl2N2O2/c1-19-13(18)12-5-8(16)6-17(12)7-9-10(14)3-2-4-11(9)15/h2-6H,7,16H2,1H3. The van der Waals surface area contributed by atoms with Gasteiger partial charge in [-0.3, -0.25) is 0 Å². The second kappa shape index (κ2) is 5.55. The Labute approximate surface area is 120 Å². The van der Waals surface area contributed by atoms with Crippen LogP contribution < -0.4 is 5.73 Å². The highest BCUT2D eigenvalue weighted by Gasteiger charge is 2.15. The average molecular weight is 299 g/mol. The molecular formula is C13H12Cl2N2O2. The van der Waals surface area contributed by atoms with E-state index < -0.39 is 5.97 Å². The van der Waals surface area contributed by atoms with Crippen LogP contribution in [0.4, 0.5) is 5.69 Å². The summed E-state index contributed by atoms with van der Waals surface area (Å²) in [6.07, 6.45) is 1.64. The van der Waals surface area contributed by atoms with Crippen molar-refractivity contribution in [3.63, 3.8) is 0 Å². The zero-order valence-electron chi connectivity index (χ0n) is 10.2. The lowest BCUT2D eigenvalue weighted by Crippen LogP contribution is -2.11. The largest absolute Gasteiger partial charge is 0.464 e. The van der Waals surface area contributed by atoms with Crippen molar-refractivity contribution in [3.8, 4) is 0 Å². The Bertz CT molecular complexity index is 603. The summed E-state index contributed by atoms with van der Waals surface area (Å²) in [5.74, 6) is -0.458. The molecule has 0 fully saturated rings. The number of benzene rings is 1. The van der Waals surface area contributed by atoms with Gasteiger partial charge in [-0.2, -0.15) is 0 Å². The van der Waals surface area contributed by atoms with Crippen LogP contribution in [0, 0.1) is 0 Å². The minimum absolute atomic E-state index is 0.347. The number of halogens is 2. The quantitative estimate of drug-likeness (QED) is 0.885. The number of hydrogen-bond donors (Lipinski definition) is 1. The monoisotopic (exact) mass is 298 g/mol. The molecular weight excluding hydrogens is 287 g/mol. The molecule has 6 heteroatoms. The molecule has 1 heterocycles. The van der Waals surface area contributed by atoms with Crippen LogP contribution in [-0.4, -0.2) is 17.6 Å². The molecule has 0 spiro atoms. The van der Waals surface area contributed by atoms with E-state index in [0.717, 1.165) is 5.56 Å². The van der Waals surface area contributed by atoms with Crippen LogP contribution in [0.3, 0.4) is 0 Å². The lowest BCUT2D eigenvalue weighted by atomic mass is 10.2. The van der Waals surface area contributed by atoms with E-state index in [9.17, 15) is 4.79 Å². The minimum Gasteiger partial charge on any atom is -0.464 e. The Morgan fingerprint density at radius 2 is 2.00 bits per heavy atom. The Morgan fingerprint density at radius 1 is 1.37 bits per heavy atom. The first-order chi connectivity index (χ1) is 9.02. The molecule has 0 atom stereocenters. The number of nitrogens with two attached hydrogens (primary N) is 1. The molecule has 2 rings (SSSR count). The van der Waals surface area contributed by atoms with Gasteiger partial charge < -0.3 is 15.0 Å². The SMILES string of the molecule is COC(=O)c1cc(N)cn1Cc1c(Cl)cccc1Cl. The Hall–Kier alpha value is -1.65. The number of nitrogens with zero attached hydrogens (tertiary/aromatic N) is 1. The molecule has 2 aromatic rings. The molecule has 0 saturated heterocycles. The summed E-state index contributed by atoms with van der Waals surface area (Å²) in [5, 5.41) is 1.08. The number of hydrogen-bond acceptors (Lipinski definition) is 3. The highest BCUT2D eigenvalue weighted by atomic mass is 35.5. The number of nitrogen functional groups attached to an aromatic ring is 1. The highest BCUT2D eigenvalue weighted by molar-refractivity contribution is 6.36. The predicted octanol–water partition coefficient (Wildman–Crippen LogP) is 3.21. The first-order valence-corrected chi connectivity index (χ1v) is 6.25. The topological polar surface area (TPSA) is 57.2 Å². The van der Waals surface area contributed by atoms with E-state index >= 15 is 0 Å². The number of ether oxygens (including phenoxy) is 1. The van der Waals surface area contributed by atoms with E-state index in [0.29, 0.717) is 28.0 Å². The van der Waals surface area contributed by atoms with Gasteiger partial charge in [-0.05, 0) is 18.2 Å².